The summed E-state index contributed by atoms with van der Waals surface area (Å²) in [5.41, 5.74) is -0.142. The SMILES string of the molecule is O[C@@]12O[C@]34CCCC[C@@H]3C[C@]13CC[C@@H]2C[C@H]1CCCC[C@]13O4. The summed E-state index contributed by atoms with van der Waals surface area (Å²) in [6.45, 7) is 0. The zero-order valence-corrected chi connectivity index (χ0v) is 13.5. The number of rotatable bonds is 0. The van der Waals surface area contributed by atoms with Crippen LogP contribution in [0, 0.1) is 23.2 Å². The highest BCUT2D eigenvalue weighted by molar-refractivity contribution is 5.27. The number of ether oxygens (including phenoxy) is 2. The van der Waals surface area contributed by atoms with Crippen LogP contribution in [0.25, 0.3) is 0 Å². The number of aliphatic hydroxyl groups is 1. The van der Waals surface area contributed by atoms with E-state index in [1.165, 1.54) is 51.4 Å². The molecule has 3 aliphatic heterocycles. The Morgan fingerprint density at radius 2 is 1.59 bits per heavy atom. The van der Waals surface area contributed by atoms with Gasteiger partial charge in [0.15, 0.2) is 11.6 Å². The van der Waals surface area contributed by atoms with Crippen LogP contribution >= 0.6 is 0 Å². The van der Waals surface area contributed by atoms with Gasteiger partial charge in [0, 0.05) is 18.3 Å². The lowest BCUT2D eigenvalue weighted by Crippen LogP contribution is -2.82. The number of hydrogen-bond acceptors (Lipinski definition) is 3. The Morgan fingerprint density at radius 1 is 0.773 bits per heavy atom. The van der Waals surface area contributed by atoms with Crippen molar-refractivity contribution < 1.29 is 14.6 Å². The summed E-state index contributed by atoms with van der Waals surface area (Å²) < 4.78 is 13.6. The molecular weight excluding hydrogens is 276 g/mol. The molecule has 0 unspecified atom stereocenters. The second-order valence-electron chi connectivity index (χ2n) is 9.24. The largest absolute Gasteiger partial charge is 0.365 e. The van der Waals surface area contributed by atoms with Crippen molar-refractivity contribution in [3.63, 3.8) is 0 Å². The molecular formula is C19H28O3. The molecule has 1 N–H and O–H groups in total. The summed E-state index contributed by atoms with van der Waals surface area (Å²) in [6, 6.07) is 0. The highest BCUT2D eigenvalue weighted by Gasteiger charge is 2.84. The normalized spacial score (nSPS) is 65.0. The van der Waals surface area contributed by atoms with Gasteiger partial charge in [-0.15, -0.1) is 0 Å². The Balaban J connectivity index is 1.58. The van der Waals surface area contributed by atoms with Gasteiger partial charge in [-0.25, -0.2) is 0 Å². The monoisotopic (exact) mass is 304 g/mol. The van der Waals surface area contributed by atoms with Crippen molar-refractivity contribution in [2.75, 3.05) is 0 Å². The Labute approximate surface area is 132 Å². The fraction of sp³-hybridized carbons (Fsp3) is 1.00. The zero-order valence-electron chi connectivity index (χ0n) is 13.5. The average molecular weight is 304 g/mol. The highest BCUT2D eigenvalue weighted by atomic mass is 16.8. The predicted molar refractivity (Wildman–Crippen MR) is 80.9 cm³/mol. The molecule has 4 saturated carbocycles. The van der Waals surface area contributed by atoms with Gasteiger partial charge in [-0.05, 0) is 57.3 Å². The van der Waals surface area contributed by atoms with Crippen LogP contribution in [-0.4, -0.2) is 22.3 Å². The third-order valence-electron chi connectivity index (χ3n) is 8.78. The minimum Gasteiger partial charge on any atom is -0.365 e. The first kappa shape index (κ1) is 13.2. The van der Waals surface area contributed by atoms with Crippen LogP contribution in [0.3, 0.4) is 0 Å². The van der Waals surface area contributed by atoms with E-state index in [-0.39, 0.29) is 11.0 Å². The molecule has 7 aliphatic rings. The van der Waals surface area contributed by atoms with Gasteiger partial charge >= 0.3 is 0 Å². The van der Waals surface area contributed by atoms with Gasteiger partial charge in [0.25, 0.3) is 0 Å². The molecule has 3 saturated heterocycles. The standard InChI is InChI=1S/C19H28O3/c20-19-14-7-10-16(19)12-15-6-2-4-9-18(15,22-19)21-17(16)8-3-1-5-13(17)11-14/h13-15,20H,1-12H2/t13-,14-,15-,16+,17+,18-,19+/m1/s1. The lowest BCUT2D eigenvalue weighted by atomic mass is 9.46. The summed E-state index contributed by atoms with van der Waals surface area (Å²) in [7, 11) is 0. The summed E-state index contributed by atoms with van der Waals surface area (Å²) in [6.07, 6.45) is 14.5. The first-order valence-corrected chi connectivity index (χ1v) is 9.77. The molecule has 4 aliphatic carbocycles. The zero-order chi connectivity index (χ0) is 14.6. The van der Waals surface area contributed by atoms with Crippen molar-refractivity contribution >= 4 is 0 Å². The van der Waals surface area contributed by atoms with E-state index in [4.69, 9.17) is 9.47 Å². The van der Waals surface area contributed by atoms with Crippen molar-refractivity contribution in [3.8, 4) is 0 Å². The lowest BCUT2D eigenvalue weighted by molar-refractivity contribution is -0.548. The van der Waals surface area contributed by atoms with E-state index in [1.54, 1.807) is 0 Å². The molecule has 22 heavy (non-hydrogen) atoms. The first-order chi connectivity index (χ1) is 10.6. The summed E-state index contributed by atoms with van der Waals surface area (Å²) >= 11 is 0. The second kappa shape index (κ2) is 3.75. The third-order valence-corrected chi connectivity index (χ3v) is 8.78. The van der Waals surface area contributed by atoms with E-state index >= 15 is 0 Å². The summed E-state index contributed by atoms with van der Waals surface area (Å²) in [5.74, 6) is 0.275. The van der Waals surface area contributed by atoms with E-state index in [9.17, 15) is 5.11 Å². The fourth-order valence-corrected chi connectivity index (χ4v) is 8.04. The Bertz CT molecular complexity index is 535. The van der Waals surface area contributed by atoms with E-state index in [0.29, 0.717) is 17.8 Å². The molecule has 122 valence electrons. The third kappa shape index (κ3) is 1.14. The molecule has 3 heterocycles. The molecule has 7 atom stereocenters. The van der Waals surface area contributed by atoms with Crippen LogP contribution < -0.4 is 0 Å². The lowest BCUT2D eigenvalue weighted by Gasteiger charge is -2.75. The smallest absolute Gasteiger partial charge is 0.180 e. The molecule has 0 aromatic carbocycles. The number of hydrogen-bond donors (Lipinski definition) is 1. The maximum Gasteiger partial charge on any atom is 0.180 e. The van der Waals surface area contributed by atoms with Crippen LogP contribution in [-0.2, 0) is 9.47 Å². The van der Waals surface area contributed by atoms with E-state index in [0.717, 1.165) is 25.7 Å². The van der Waals surface area contributed by atoms with Gasteiger partial charge in [-0.3, -0.25) is 0 Å². The van der Waals surface area contributed by atoms with Gasteiger partial charge in [-0.1, -0.05) is 19.3 Å². The fourth-order valence-electron chi connectivity index (χ4n) is 8.04. The van der Waals surface area contributed by atoms with E-state index < -0.39 is 11.6 Å². The molecule has 0 aromatic rings. The quantitative estimate of drug-likeness (QED) is 0.741. The van der Waals surface area contributed by atoms with Gasteiger partial charge in [0.05, 0.1) is 11.0 Å². The van der Waals surface area contributed by atoms with Gasteiger partial charge in [-0.2, -0.15) is 0 Å². The summed E-state index contributed by atoms with van der Waals surface area (Å²) in [4.78, 5) is 0. The van der Waals surface area contributed by atoms with Crippen molar-refractivity contribution in [2.45, 2.75) is 94.2 Å². The topological polar surface area (TPSA) is 38.7 Å². The van der Waals surface area contributed by atoms with Gasteiger partial charge in [0.2, 0.25) is 0 Å². The van der Waals surface area contributed by atoms with Gasteiger partial charge in [0.1, 0.15) is 0 Å². The van der Waals surface area contributed by atoms with Crippen LogP contribution in [0.5, 0.6) is 0 Å². The van der Waals surface area contributed by atoms with Crippen LogP contribution in [0.15, 0.2) is 0 Å². The molecule has 0 aromatic heterocycles. The molecule has 3 heteroatoms. The van der Waals surface area contributed by atoms with E-state index in [2.05, 4.69) is 0 Å². The van der Waals surface area contributed by atoms with Crippen molar-refractivity contribution in [1.29, 1.82) is 0 Å². The Hall–Kier alpha value is -0.120. The van der Waals surface area contributed by atoms with Crippen molar-refractivity contribution in [1.82, 2.24) is 0 Å². The molecule has 3 spiro atoms. The maximum absolute atomic E-state index is 11.7. The van der Waals surface area contributed by atoms with Gasteiger partial charge < -0.3 is 14.6 Å². The molecule has 3 nitrogen and oxygen atoms in total. The molecule has 7 rings (SSSR count). The molecule has 7 fully saturated rings. The molecule has 0 amide bonds. The minimum absolute atomic E-state index is 0.0565. The van der Waals surface area contributed by atoms with Crippen LogP contribution in [0.2, 0.25) is 0 Å². The van der Waals surface area contributed by atoms with Crippen molar-refractivity contribution in [3.05, 3.63) is 0 Å². The second-order valence-corrected chi connectivity index (χ2v) is 9.24. The predicted octanol–water partition coefficient (Wildman–Crippen LogP) is 3.74. The van der Waals surface area contributed by atoms with Crippen LogP contribution in [0.1, 0.15) is 77.0 Å². The average Bonchev–Trinajstić information content (AvgIpc) is 2.70. The van der Waals surface area contributed by atoms with E-state index in [1.807, 2.05) is 0 Å². The maximum atomic E-state index is 11.7. The molecule has 0 radical (unpaired) electrons. The van der Waals surface area contributed by atoms with Crippen LogP contribution in [0.4, 0.5) is 0 Å². The van der Waals surface area contributed by atoms with Crippen molar-refractivity contribution in [2.24, 2.45) is 23.2 Å². The molecule has 5 bridgehead atoms. The Morgan fingerprint density at radius 3 is 2.50 bits per heavy atom. The highest BCUT2D eigenvalue weighted by Crippen LogP contribution is 2.78. The summed E-state index contributed by atoms with van der Waals surface area (Å²) in [5, 5.41) is 11.7. The first-order valence-electron chi connectivity index (χ1n) is 9.77. The Kier molecular flexibility index (Phi) is 2.25. The minimum atomic E-state index is -0.868.